The topological polar surface area (TPSA) is 52.6 Å². The molecule has 0 aromatic heterocycles. The molecule has 1 rings (SSSR count). The van der Waals surface area contributed by atoms with Crippen molar-refractivity contribution in [3.8, 4) is 0 Å². The second kappa shape index (κ2) is 5.10. The summed E-state index contributed by atoms with van der Waals surface area (Å²) in [6.45, 7) is 10.1. The molecule has 5 heteroatoms. The Balaban J connectivity index is 2.80. The Hall–Kier alpha value is -0.130. The first kappa shape index (κ1) is 15.9. The molecule has 0 aromatic carbocycles. The smallest absolute Gasteiger partial charge is 0.264 e. The lowest BCUT2D eigenvalue weighted by molar-refractivity contribution is -0.187. The lowest BCUT2D eigenvalue weighted by Crippen LogP contribution is -2.50. The van der Waals surface area contributed by atoms with Crippen LogP contribution in [-0.4, -0.2) is 32.5 Å². The van der Waals surface area contributed by atoms with Gasteiger partial charge in [0.25, 0.3) is 10.1 Å². The van der Waals surface area contributed by atoms with E-state index >= 15 is 0 Å². The summed E-state index contributed by atoms with van der Waals surface area (Å²) in [5.41, 5.74) is -0.467. The first-order valence-corrected chi connectivity index (χ1v) is 8.32. The molecule has 1 fully saturated rings. The minimum atomic E-state index is -3.44. The lowest BCUT2D eigenvalue weighted by atomic mass is 9.80. The standard InChI is InChI=1S/C13H26O4S/c1-10(17-18(6,14)15)13(5)9-7-8-11(16-13)12(2,3)4/h10-11H,7-9H2,1-6H3/t10-,11+,13-/m1/s1. The van der Waals surface area contributed by atoms with Crippen molar-refractivity contribution in [2.45, 2.75) is 71.7 Å². The fraction of sp³-hybridized carbons (Fsp3) is 1.00. The van der Waals surface area contributed by atoms with Crippen LogP contribution in [0, 0.1) is 5.41 Å². The van der Waals surface area contributed by atoms with Crippen LogP contribution in [0.2, 0.25) is 0 Å². The van der Waals surface area contributed by atoms with Crippen LogP contribution < -0.4 is 0 Å². The third kappa shape index (κ3) is 4.21. The van der Waals surface area contributed by atoms with Crippen molar-refractivity contribution in [3.05, 3.63) is 0 Å². The average Bonchev–Trinajstić information content (AvgIpc) is 2.13. The maximum atomic E-state index is 11.2. The summed E-state index contributed by atoms with van der Waals surface area (Å²) in [7, 11) is -3.44. The van der Waals surface area contributed by atoms with E-state index in [4.69, 9.17) is 8.92 Å². The van der Waals surface area contributed by atoms with Crippen LogP contribution in [0.5, 0.6) is 0 Å². The van der Waals surface area contributed by atoms with E-state index in [9.17, 15) is 8.42 Å². The van der Waals surface area contributed by atoms with E-state index in [2.05, 4.69) is 20.8 Å². The second-order valence-electron chi connectivity index (χ2n) is 6.62. The highest BCUT2D eigenvalue weighted by Crippen LogP contribution is 2.39. The number of rotatable bonds is 3. The average molecular weight is 278 g/mol. The van der Waals surface area contributed by atoms with Gasteiger partial charge in [-0.15, -0.1) is 0 Å². The molecular formula is C13H26O4S. The zero-order valence-electron chi connectivity index (χ0n) is 12.3. The summed E-state index contributed by atoms with van der Waals surface area (Å²) in [5.74, 6) is 0. The third-order valence-electron chi connectivity index (χ3n) is 3.70. The Kier molecular flexibility index (Phi) is 4.51. The summed E-state index contributed by atoms with van der Waals surface area (Å²) in [4.78, 5) is 0. The summed E-state index contributed by atoms with van der Waals surface area (Å²) in [6.07, 6.45) is 3.65. The predicted octanol–water partition coefficient (Wildman–Crippen LogP) is 2.73. The fourth-order valence-electron chi connectivity index (χ4n) is 2.35. The monoisotopic (exact) mass is 278 g/mol. The largest absolute Gasteiger partial charge is 0.369 e. The summed E-state index contributed by atoms with van der Waals surface area (Å²) < 4.78 is 33.7. The van der Waals surface area contributed by atoms with Gasteiger partial charge in [-0.05, 0) is 38.5 Å². The Bertz CT molecular complexity index is 382. The molecule has 0 aliphatic carbocycles. The Morgan fingerprint density at radius 1 is 1.39 bits per heavy atom. The van der Waals surface area contributed by atoms with Gasteiger partial charge in [0, 0.05) is 0 Å². The lowest BCUT2D eigenvalue weighted by Gasteiger charge is -2.46. The van der Waals surface area contributed by atoms with Crippen molar-refractivity contribution in [2.75, 3.05) is 6.26 Å². The van der Waals surface area contributed by atoms with Crippen molar-refractivity contribution in [3.63, 3.8) is 0 Å². The fourth-order valence-corrected chi connectivity index (χ4v) is 3.08. The predicted molar refractivity (Wildman–Crippen MR) is 72.0 cm³/mol. The first-order chi connectivity index (χ1) is 7.94. The van der Waals surface area contributed by atoms with E-state index in [0.29, 0.717) is 0 Å². The SMILES string of the molecule is C[C@@H](OS(C)(=O)=O)[C@@]1(C)CCC[C@@H](C(C)(C)C)O1. The zero-order chi connectivity index (χ0) is 14.2. The molecule has 0 bridgehead atoms. The van der Waals surface area contributed by atoms with E-state index in [1.807, 2.05) is 6.92 Å². The molecule has 0 amide bonds. The Morgan fingerprint density at radius 3 is 2.39 bits per heavy atom. The van der Waals surface area contributed by atoms with Gasteiger partial charge in [0.1, 0.15) is 6.10 Å². The van der Waals surface area contributed by atoms with Gasteiger partial charge in [0.05, 0.1) is 18.0 Å². The quantitative estimate of drug-likeness (QED) is 0.745. The van der Waals surface area contributed by atoms with Gasteiger partial charge < -0.3 is 4.74 Å². The van der Waals surface area contributed by atoms with Crippen molar-refractivity contribution in [1.29, 1.82) is 0 Å². The molecule has 4 nitrogen and oxygen atoms in total. The van der Waals surface area contributed by atoms with E-state index in [-0.39, 0.29) is 11.5 Å². The maximum absolute atomic E-state index is 11.2. The highest BCUT2D eigenvalue weighted by Gasteiger charge is 2.43. The zero-order valence-corrected chi connectivity index (χ0v) is 13.1. The highest BCUT2D eigenvalue weighted by molar-refractivity contribution is 7.86. The van der Waals surface area contributed by atoms with Gasteiger partial charge >= 0.3 is 0 Å². The van der Waals surface area contributed by atoms with Crippen LogP contribution in [0.15, 0.2) is 0 Å². The van der Waals surface area contributed by atoms with Gasteiger partial charge in [-0.2, -0.15) is 8.42 Å². The van der Waals surface area contributed by atoms with Gasteiger partial charge in [0.2, 0.25) is 0 Å². The van der Waals surface area contributed by atoms with E-state index in [1.165, 1.54) is 0 Å². The van der Waals surface area contributed by atoms with Gasteiger partial charge in [-0.3, -0.25) is 4.18 Å². The maximum Gasteiger partial charge on any atom is 0.264 e. The first-order valence-electron chi connectivity index (χ1n) is 6.50. The minimum Gasteiger partial charge on any atom is -0.369 e. The number of ether oxygens (including phenoxy) is 1. The number of hydrogen-bond acceptors (Lipinski definition) is 4. The molecule has 1 aliphatic heterocycles. The van der Waals surface area contributed by atoms with Crippen molar-refractivity contribution < 1.29 is 17.3 Å². The normalized spacial score (nSPS) is 32.2. The third-order valence-corrected chi connectivity index (χ3v) is 4.33. The summed E-state index contributed by atoms with van der Waals surface area (Å²) in [6, 6.07) is 0. The van der Waals surface area contributed by atoms with Crippen LogP contribution in [-0.2, 0) is 19.0 Å². The van der Waals surface area contributed by atoms with Crippen molar-refractivity contribution >= 4 is 10.1 Å². The molecular weight excluding hydrogens is 252 g/mol. The van der Waals surface area contributed by atoms with Crippen LogP contribution >= 0.6 is 0 Å². The van der Waals surface area contributed by atoms with Gasteiger partial charge in [-0.1, -0.05) is 20.8 Å². The molecule has 1 aliphatic rings. The molecule has 3 atom stereocenters. The molecule has 0 saturated carbocycles. The van der Waals surface area contributed by atoms with Crippen LogP contribution in [0.1, 0.15) is 53.9 Å². The summed E-state index contributed by atoms with van der Waals surface area (Å²) >= 11 is 0. The molecule has 0 spiro atoms. The Morgan fingerprint density at radius 2 is 1.94 bits per heavy atom. The highest BCUT2D eigenvalue weighted by atomic mass is 32.2. The van der Waals surface area contributed by atoms with Crippen LogP contribution in [0.4, 0.5) is 0 Å². The molecule has 0 radical (unpaired) electrons. The number of hydrogen-bond donors (Lipinski definition) is 0. The van der Waals surface area contributed by atoms with Crippen LogP contribution in [0.3, 0.4) is 0 Å². The van der Waals surface area contributed by atoms with Crippen LogP contribution in [0.25, 0.3) is 0 Å². The van der Waals surface area contributed by atoms with E-state index < -0.39 is 21.8 Å². The molecule has 0 N–H and O–H groups in total. The van der Waals surface area contributed by atoms with Gasteiger partial charge in [0.15, 0.2) is 0 Å². The van der Waals surface area contributed by atoms with Gasteiger partial charge in [-0.25, -0.2) is 0 Å². The molecule has 1 heterocycles. The molecule has 0 aromatic rings. The molecule has 0 unspecified atom stereocenters. The second-order valence-corrected chi connectivity index (χ2v) is 8.22. The molecule has 108 valence electrons. The van der Waals surface area contributed by atoms with E-state index in [0.717, 1.165) is 25.5 Å². The Labute approximate surface area is 111 Å². The minimum absolute atomic E-state index is 0.0620. The van der Waals surface area contributed by atoms with Crippen molar-refractivity contribution in [2.24, 2.45) is 5.41 Å². The summed E-state index contributed by atoms with van der Waals surface area (Å²) in [5, 5.41) is 0. The van der Waals surface area contributed by atoms with Crippen molar-refractivity contribution in [1.82, 2.24) is 0 Å². The molecule has 18 heavy (non-hydrogen) atoms. The van der Waals surface area contributed by atoms with E-state index in [1.54, 1.807) is 6.92 Å². The molecule has 1 saturated heterocycles.